The lowest BCUT2D eigenvalue weighted by molar-refractivity contribution is 0.757. The third kappa shape index (κ3) is 4.21. The highest BCUT2D eigenvalue weighted by Crippen LogP contribution is 2.17. The maximum atomic E-state index is 8.92. The maximum Gasteiger partial charge on any atom is 0.223 e. The normalized spacial score (nSPS) is 11.6. The average molecular weight is 359 g/mol. The van der Waals surface area contributed by atoms with Gasteiger partial charge in [-0.2, -0.15) is 5.26 Å². The fraction of sp³-hybridized carbons (Fsp3) is 0.214. The molecule has 0 saturated heterocycles. The summed E-state index contributed by atoms with van der Waals surface area (Å²) in [5.74, 6) is 0.589. The second-order valence-electron chi connectivity index (χ2n) is 4.58. The van der Waals surface area contributed by atoms with E-state index in [1.807, 2.05) is 12.3 Å². The van der Waals surface area contributed by atoms with Crippen LogP contribution in [0, 0.1) is 11.3 Å². The van der Waals surface area contributed by atoms with E-state index >= 15 is 0 Å². The van der Waals surface area contributed by atoms with Gasteiger partial charge in [0.05, 0.1) is 17.3 Å². The molecular weight excluding hydrogens is 345 g/mol. The van der Waals surface area contributed by atoms with Crippen LogP contribution in [0.4, 0.5) is 5.95 Å². The van der Waals surface area contributed by atoms with E-state index in [1.165, 1.54) is 0 Å². The Labute approximate surface area is 145 Å². The highest BCUT2D eigenvalue weighted by Gasteiger charge is 2.12. The van der Waals surface area contributed by atoms with Crippen molar-refractivity contribution in [2.45, 2.75) is 19.6 Å². The summed E-state index contributed by atoms with van der Waals surface area (Å²) in [6.07, 6.45) is 1.84. The summed E-state index contributed by atoms with van der Waals surface area (Å²) in [5.41, 5.74) is 3.65. The first kappa shape index (κ1) is 18.5. The Bertz CT molecular complexity index is 699. The van der Waals surface area contributed by atoms with Gasteiger partial charge in [-0.3, -0.25) is 0 Å². The molecule has 2 N–H and O–H groups in total. The number of benzene rings is 1. The molecule has 1 aliphatic rings. The average Bonchev–Trinajstić information content (AvgIpc) is 2.92. The van der Waals surface area contributed by atoms with Crippen LogP contribution in [0.1, 0.15) is 22.4 Å². The highest BCUT2D eigenvalue weighted by molar-refractivity contribution is 6.30. The van der Waals surface area contributed by atoms with Gasteiger partial charge in [0.2, 0.25) is 5.95 Å². The van der Waals surface area contributed by atoms with E-state index in [0.717, 1.165) is 29.9 Å². The standard InChI is InChI=1S/C14H12ClN5.2ClH/c15-12-2-9(4-16)1-10(3-12)5-18-14-19-7-11-6-17-8-13(11)20-14;;/h1-3,7,17H,5-6,8H2,(H,18,19,20);2*1H. The Morgan fingerprint density at radius 3 is 2.86 bits per heavy atom. The first-order chi connectivity index (χ1) is 9.74. The minimum Gasteiger partial charge on any atom is -0.350 e. The smallest absolute Gasteiger partial charge is 0.223 e. The highest BCUT2D eigenvalue weighted by atomic mass is 35.5. The monoisotopic (exact) mass is 357 g/mol. The lowest BCUT2D eigenvalue weighted by Crippen LogP contribution is -2.05. The number of hydrogen-bond acceptors (Lipinski definition) is 5. The Balaban J connectivity index is 0.00000121. The quantitative estimate of drug-likeness (QED) is 0.882. The van der Waals surface area contributed by atoms with E-state index in [1.54, 1.807) is 12.1 Å². The summed E-state index contributed by atoms with van der Waals surface area (Å²) in [4.78, 5) is 8.72. The van der Waals surface area contributed by atoms with Gasteiger partial charge >= 0.3 is 0 Å². The number of nitrogens with one attached hydrogen (secondary N) is 2. The largest absolute Gasteiger partial charge is 0.350 e. The molecular formula is C14H14Cl3N5. The van der Waals surface area contributed by atoms with E-state index in [-0.39, 0.29) is 24.8 Å². The zero-order chi connectivity index (χ0) is 13.9. The van der Waals surface area contributed by atoms with Crippen LogP contribution in [0.15, 0.2) is 24.4 Å². The maximum absolute atomic E-state index is 8.92. The number of fused-ring (bicyclic) bond motifs is 1. The van der Waals surface area contributed by atoms with Crippen LogP contribution in [0.3, 0.4) is 0 Å². The molecule has 0 amide bonds. The Morgan fingerprint density at radius 1 is 1.27 bits per heavy atom. The number of rotatable bonds is 3. The van der Waals surface area contributed by atoms with Crippen LogP contribution >= 0.6 is 36.4 Å². The third-order valence-corrected chi connectivity index (χ3v) is 3.32. The molecule has 0 unspecified atom stereocenters. The number of hydrogen-bond donors (Lipinski definition) is 2. The van der Waals surface area contributed by atoms with Crippen molar-refractivity contribution in [2.75, 3.05) is 5.32 Å². The summed E-state index contributed by atoms with van der Waals surface area (Å²) < 4.78 is 0. The molecule has 1 aromatic carbocycles. The van der Waals surface area contributed by atoms with Gasteiger partial charge in [-0.1, -0.05) is 11.6 Å². The first-order valence-electron chi connectivity index (χ1n) is 6.23. The molecule has 0 saturated carbocycles. The summed E-state index contributed by atoms with van der Waals surface area (Å²) in [7, 11) is 0. The van der Waals surface area contributed by atoms with Crippen molar-refractivity contribution in [1.82, 2.24) is 15.3 Å². The molecule has 0 fully saturated rings. The first-order valence-corrected chi connectivity index (χ1v) is 6.61. The molecule has 1 aliphatic heterocycles. The van der Waals surface area contributed by atoms with E-state index in [4.69, 9.17) is 16.9 Å². The molecule has 2 heterocycles. The number of aromatic nitrogens is 2. The Hall–Kier alpha value is -1.58. The van der Waals surface area contributed by atoms with Crippen LogP contribution in [0.25, 0.3) is 0 Å². The van der Waals surface area contributed by atoms with Gasteiger partial charge in [0, 0.05) is 36.4 Å². The second kappa shape index (κ2) is 8.16. The zero-order valence-corrected chi connectivity index (χ0v) is 13.9. The SMILES string of the molecule is Cl.Cl.N#Cc1cc(Cl)cc(CNc2ncc3c(n2)CNC3)c1. The van der Waals surface area contributed by atoms with Crippen molar-refractivity contribution < 1.29 is 0 Å². The fourth-order valence-corrected chi connectivity index (χ4v) is 2.40. The predicted molar refractivity (Wildman–Crippen MR) is 90.6 cm³/mol. The number of halogens is 3. The molecule has 0 aliphatic carbocycles. The molecule has 1 aromatic heterocycles. The molecule has 5 nitrogen and oxygen atoms in total. The second-order valence-corrected chi connectivity index (χ2v) is 5.02. The lowest BCUT2D eigenvalue weighted by atomic mass is 10.1. The van der Waals surface area contributed by atoms with Crippen molar-refractivity contribution in [3.05, 3.63) is 51.8 Å². The third-order valence-electron chi connectivity index (χ3n) is 3.10. The molecule has 22 heavy (non-hydrogen) atoms. The Morgan fingerprint density at radius 2 is 2.09 bits per heavy atom. The summed E-state index contributed by atoms with van der Waals surface area (Å²) >= 11 is 5.97. The van der Waals surface area contributed by atoms with Crippen LogP contribution in [0.2, 0.25) is 5.02 Å². The number of nitriles is 1. The molecule has 0 spiro atoms. The fourth-order valence-electron chi connectivity index (χ4n) is 2.14. The van der Waals surface area contributed by atoms with Crippen molar-refractivity contribution in [2.24, 2.45) is 0 Å². The van der Waals surface area contributed by atoms with Crippen LogP contribution in [-0.4, -0.2) is 9.97 Å². The van der Waals surface area contributed by atoms with E-state index in [0.29, 0.717) is 23.1 Å². The van der Waals surface area contributed by atoms with Gasteiger partial charge in [-0.15, -0.1) is 24.8 Å². The zero-order valence-electron chi connectivity index (χ0n) is 11.5. The predicted octanol–water partition coefficient (Wildman–Crippen LogP) is 3.06. The van der Waals surface area contributed by atoms with Gasteiger partial charge in [-0.25, -0.2) is 9.97 Å². The lowest BCUT2D eigenvalue weighted by Gasteiger charge is -2.07. The van der Waals surface area contributed by atoms with Crippen molar-refractivity contribution in [3.63, 3.8) is 0 Å². The number of nitrogens with zero attached hydrogens (tertiary/aromatic N) is 3. The van der Waals surface area contributed by atoms with Gasteiger partial charge < -0.3 is 10.6 Å². The molecule has 0 radical (unpaired) electrons. The summed E-state index contributed by atoms with van der Waals surface area (Å²) in [6, 6.07) is 7.35. The number of anilines is 1. The summed E-state index contributed by atoms with van der Waals surface area (Å²) in [6.45, 7) is 2.14. The van der Waals surface area contributed by atoms with E-state index in [9.17, 15) is 0 Å². The molecule has 116 valence electrons. The van der Waals surface area contributed by atoms with E-state index < -0.39 is 0 Å². The molecule has 2 aromatic rings. The van der Waals surface area contributed by atoms with Crippen LogP contribution in [0.5, 0.6) is 0 Å². The van der Waals surface area contributed by atoms with Crippen molar-refractivity contribution >= 4 is 42.4 Å². The van der Waals surface area contributed by atoms with Gasteiger partial charge in [0.15, 0.2) is 0 Å². The molecule has 0 bridgehead atoms. The van der Waals surface area contributed by atoms with Gasteiger partial charge in [0.1, 0.15) is 0 Å². The van der Waals surface area contributed by atoms with E-state index in [2.05, 4.69) is 26.7 Å². The Kier molecular flexibility index (Phi) is 6.85. The molecule has 0 atom stereocenters. The van der Waals surface area contributed by atoms with Crippen molar-refractivity contribution in [3.8, 4) is 6.07 Å². The minimum atomic E-state index is 0. The minimum absolute atomic E-state index is 0. The van der Waals surface area contributed by atoms with Crippen LogP contribution in [-0.2, 0) is 19.6 Å². The topological polar surface area (TPSA) is 73.6 Å². The molecule has 3 rings (SSSR count). The molecule has 8 heteroatoms. The van der Waals surface area contributed by atoms with Crippen LogP contribution < -0.4 is 10.6 Å². The van der Waals surface area contributed by atoms with Gasteiger partial charge in [-0.05, 0) is 23.8 Å². The van der Waals surface area contributed by atoms with Gasteiger partial charge in [0.25, 0.3) is 0 Å². The summed E-state index contributed by atoms with van der Waals surface area (Å²) in [5, 5.41) is 15.9. The van der Waals surface area contributed by atoms with Crippen molar-refractivity contribution in [1.29, 1.82) is 5.26 Å².